The van der Waals surface area contributed by atoms with Crippen LogP contribution in [0, 0.1) is 0 Å². The molecule has 0 aliphatic carbocycles. The van der Waals surface area contributed by atoms with Crippen molar-refractivity contribution >= 4 is 0 Å². The zero-order valence-corrected chi connectivity index (χ0v) is 9.74. The van der Waals surface area contributed by atoms with Crippen LogP contribution in [0.2, 0.25) is 0 Å². The van der Waals surface area contributed by atoms with Crippen LogP contribution in [-0.2, 0) is 6.42 Å². The van der Waals surface area contributed by atoms with E-state index in [0.29, 0.717) is 0 Å². The minimum atomic E-state index is 0.736. The van der Waals surface area contributed by atoms with Crippen LogP contribution in [0.15, 0.2) is 18.5 Å². The van der Waals surface area contributed by atoms with E-state index in [-0.39, 0.29) is 0 Å². The summed E-state index contributed by atoms with van der Waals surface area (Å²) in [4.78, 5) is 6.75. The lowest BCUT2D eigenvalue weighted by Crippen LogP contribution is -2.29. The highest BCUT2D eigenvalue weighted by molar-refractivity contribution is 5.22. The van der Waals surface area contributed by atoms with Crippen molar-refractivity contribution in [1.82, 2.24) is 9.88 Å². The fourth-order valence-corrected chi connectivity index (χ4v) is 2.27. The second kappa shape index (κ2) is 4.75. The molecule has 82 valence electrons. The monoisotopic (exact) mass is 204 g/mol. The van der Waals surface area contributed by atoms with E-state index in [0.717, 1.165) is 12.3 Å². The molecule has 1 aromatic heterocycles. The minimum absolute atomic E-state index is 0.736. The maximum atomic E-state index is 4.34. The summed E-state index contributed by atoms with van der Waals surface area (Å²) in [5.74, 6) is 0.736. The molecule has 1 fully saturated rings. The SMILES string of the molecule is CCc1cncc(C2CCN(C)CC2)c1. The van der Waals surface area contributed by atoms with Crippen LogP contribution in [0.25, 0.3) is 0 Å². The summed E-state index contributed by atoms with van der Waals surface area (Å²) in [6.07, 6.45) is 7.69. The van der Waals surface area contributed by atoms with Gasteiger partial charge in [0.15, 0.2) is 0 Å². The topological polar surface area (TPSA) is 16.1 Å². The first-order chi connectivity index (χ1) is 7.29. The number of rotatable bonds is 2. The fourth-order valence-electron chi connectivity index (χ4n) is 2.27. The van der Waals surface area contributed by atoms with Gasteiger partial charge in [-0.25, -0.2) is 0 Å². The maximum Gasteiger partial charge on any atom is 0.0302 e. The van der Waals surface area contributed by atoms with E-state index in [1.54, 1.807) is 0 Å². The van der Waals surface area contributed by atoms with Crippen LogP contribution in [0.4, 0.5) is 0 Å². The van der Waals surface area contributed by atoms with Crippen molar-refractivity contribution in [3.63, 3.8) is 0 Å². The van der Waals surface area contributed by atoms with Gasteiger partial charge >= 0.3 is 0 Å². The summed E-state index contributed by atoms with van der Waals surface area (Å²) < 4.78 is 0. The van der Waals surface area contributed by atoms with Crippen LogP contribution in [0.3, 0.4) is 0 Å². The van der Waals surface area contributed by atoms with Crippen molar-refractivity contribution in [2.24, 2.45) is 0 Å². The molecule has 0 aromatic carbocycles. The molecule has 0 saturated carbocycles. The van der Waals surface area contributed by atoms with Crippen LogP contribution >= 0.6 is 0 Å². The van der Waals surface area contributed by atoms with Crippen molar-refractivity contribution in [1.29, 1.82) is 0 Å². The minimum Gasteiger partial charge on any atom is -0.306 e. The van der Waals surface area contributed by atoms with Crippen LogP contribution in [-0.4, -0.2) is 30.0 Å². The summed E-state index contributed by atoms with van der Waals surface area (Å²) in [5.41, 5.74) is 2.81. The van der Waals surface area contributed by atoms with Gasteiger partial charge in [0.05, 0.1) is 0 Å². The summed E-state index contributed by atoms with van der Waals surface area (Å²) in [6, 6.07) is 2.34. The van der Waals surface area contributed by atoms with Gasteiger partial charge in [0.1, 0.15) is 0 Å². The molecule has 2 heteroatoms. The Labute approximate surface area is 92.3 Å². The molecule has 1 aromatic rings. The molecule has 0 bridgehead atoms. The lowest BCUT2D eigenvalue weighted by molar-refractivity contribution is 0.255. The standard InChI is InChI=1S/C13H20N2/c1-3-11-8-13(10-14-9-11)12-4-6-15(2)7-5-12/h8-10,12H,3-7H2,1-2H3. The molecular formula is C13H20N2. The zero-order valence-electron chi connectivity index (χ0n) is 9.74. The molecule has 1 aliphatic heterocycles. The predicted molar refractivity (Wildman–Crippen MR) is 63.1 cm³/mol. The molecule has 2 nitrogen and oxygen atoms in total. The average molecular weight is 204 g/mol. The second-order valence-electron chi connectivity index (χ2n) is 4.56. The maximum absolute atomic E-state index is 4.34. The van der Waals surface area contributed by atoms with E-state index in [1.807, 2.05) is 6.20 Å². The van der Waals surface area contributed by atoms with E-state index in [2.05, 4.69) is 36.1 Å². The second-order valence-corrected chi connectivity index (χ2v) is 4.56. The quantitative estimate of drug-likeness (QED) is 0.735. The first kappa shape index (κ1) is 10.6. The number of nitrogens with zero attached hydrogens (tertiary/aromatic N) is 2. The summed E-state index contributed by atoms with van der Waals surface area (Å²) in [5, 5.41) is 0. The molecule has 2 rings (SSSR count). The Hall–Kier alpha value is -0.890. The van der Waals surface area contributed by atoms with E-state index in [9.17, 15) is 0 Å². The average Bonchev–Trinajstić information content (AvgIpc) is 2.30. The van der Waals surface area contributed by atoms with Crippen molar-refractivity contribution in [3.05, 3.63) is 29.6 Å². The van der Waals surface area contributed by atoms with Gasteiger partial charge in [0.2, 0.25) is 0 Å². The highest BCUT2D eigenvalue weighted by Crippen LogP contribution is 2.27. The smallest absolute Gasteiger partial charge is 0.0302 e. The molecule has 0 amide bonds. The summed E-state index contributed by atoms with van der Waals surface area (Å²) in [6.45, 7) is 4.64. The van der Waals surface area contributed by atoms with E-state index < -0.39 is 0 Å². The third-order valence-corrected chi connectivity index (χ3v) is 3.41. The number of likely N-dealkylation sites (tertiary alicyclic amines) is 1. The van der Waals surface area contributed by atoms with E-state index in [1.165, 1.54) is 37.1 Å². The highest BCUT2D eigenvalue weighted by Gasteiger charge is 2.18. The molecule has 0 unspecified atom stereocenters. The van der Waals surface area contributed by atoms with Crippen molar-refractivity contribution in [2.75, 3.05) is 20.1 Å². The van der Waals surface area contributed by atoms with Gasteiger partial charge in [-0.3, -0.25) is 4.98 Å². The van der Waals surface area contributed by atoms with Crippen molar-refractivity contribution in [3.8, 4) is 0 Å². The number of aryl methyl sites for hydroxylation is 1. The van der Waals surface area contributed by atoms with E-state index >= 15 is 0 Å². The Bertz CT molecular complexity index is 314. The third-order valence-electron chi connectivity index (χ3n) is 3.41. The lowest BCUT2D eigenvalue weighted by atomic mass is 9.90. The van der Waals surface area contributed by atoms with Gasteiger partial charge in [-0.1, -0.05) is 13.0 Å². The van der Waals surface area contributed by atoms with Gasteiger partial charge in [0, 0.05) is 12.4 Å². The largest absolute Gasteiger partial charge is 0.306 e. The van der Waals surface area contributed by atoms with E-state index in [4.69, 9.17) is 0 Å². The Morgan fingerprint density at radius 3 is 2.73 bits per heavy atom. The van der Waals surface area contributed by atoms with Crippen LogP contribution < -0.4 is 0 Å². The Balaban J connectivity index is 2.08. The number of pyridine rings is 1. The lowest BCUT2D eigenvalue weighted by Gasteiger charge is -2.29. The molecule has 0 radical (unpaired) electrons. The summed E-state index contributed by atoms with van der Waals surface area (Å²) in [7, 11) is 2.21. The van der Waals surface area contributed by atoms with Gasteiger partial charge in [-0.05, 0) is 56.4 Å². The Morgan fingerprint density at radius 1 is 1.33 bits per heavy atom. The first-order valence-electron chi connectivity index (χ1n) is 5.92. The van der Waals surface area contributed by atoms with Gasteiger partial charge in [0.25, 0.3) is 0 Å². The molecule has 0 atom stereocenters. The highest BCUT2D eigenvalue weighted by atomic mass is 15.1. The fraction of sp³-hybridized carbons (Fsp3) is 0.615. The number of hydrogen-bond acceptors (Lipinski definition) is 2. The van der Waals surface area contributed by atoms with Gasteiger partial charge in [-0.15, -0.1) is 0 Å². The molecule has 1 aliphatic rings. The van der Waals surface area contributed by atoms with Gasteiger partial charge < -0.3 is 4.90 Å². The summed E-state index contributed by atoms with van der Waals surface area (Å²) >= 11 is 0. The Kier molecular flexibility index (Phi) is 3.37. The molecular weight excluding hydrogens is 184 g/mol. The van der Waals surface area contributed by atoms with Crippen molar-refractivity contribution < 1.29 is 0 Å². The van der Waals surface area contributed by atoms with Crippen LogP contribution in [0.5, 0.6) is 0 Å². The first-order valence-corrected chi connectivity index (χ1v) is 5.92. The molecule has 0 N–H and O–H groups in total. The Morgan fingerprint density at radius 2 is 2.07 bits per heavy atom. The van der Waals surface area contributed by atoms with Crippen molar-refractivity contribution in [2.45, 2.75) is 32.1 Å². The number of piperidine rings is 1. The zero-order chi connectivity index (χ0) is 10.7. The third kappa shape index (κ3) is 2.57. The molecule has 0 spiro atoms. The number of aromatic nitrogens is 1. The van der Waals surface area contributed by atoms with Gasteiger partial charge in [-0.2, -0.15) is 0 Å². The predicted octanol–water partition coefficient (Wildman–Crippen LogP) is 2.45. The van der Waals surface area contributed by atoms with Crippen LogP contribution in [0.1, 0.15) is 36.8 Å². The molecule has 2 heterocycles. The normalized spacial score (nSPS) is 19.3. The number of hydrogen-bond donors (Lipinski definition) is 0. The molecule has 15 heavy (non-hydrogen) atoms. The molecule has 1 saturated heterocycles.